The zero-order valence-corrected chi connectivity index (χ0v) is 10.8. The molecule has 1 N–H and O–H groups in total. The molecule has 0 heterocycles. The first-order valence-electron chi connectivity index (χ1n) is 6.52. The molecule has 0 atom stereocenters. The molecule has 0 aliphatic heterocycles. The summed E-state index contributed by atoms with van der Waals surface area (Å²) < 4.78 is 37.6. The van der Waals surface area contributed by atoms with E-state index in [1.165, 1.54) is 12.1 Å². The first-order chi connectivity index (χ1) is 9.39. The van der Waals surface area contributed by atoms with Crippen molar-refractivity contribution in [2.24, 2.45) is 0 Å². The Labute approximate surface area is 114 Å². The molecule has 20 heavy (non-hydrogen) atoms. The highest BCUT2D eigenvalue weighted by Gasteiger charge is 2.30. The molecule has 0 bridgehead atoms. The van der Waals surface area contributed by atoms with E-state index in [1.54, 1.807) is 0 Å². The predicted octanol–water partition coefficient (Wildman–Crippen LogP) is 4.51. The van der Waals surface area contributed by atoms with E-state index in [0.29, 0.717) is 29.6 Å². The van der Waals surface area contributed by atoms with Crippen LogP contribution < -0.4 is 0 Å². The highest BCUT2D eigenvalue weighted by molar-refractivity contribution is 5.96. The first-order valence-corrected chi connectivity index (χ1v) is 6.52. The fourth-order valence-electron chi connectivity index (χ4n) is 2.50. The van der Waals surface area contributed by atoms with Crippen molar-refractivity contribution < 1.29 is 23.1 Å². The number of aliphatic carboxylic acids is 1. The van der Waals surface area contributed by atoms with Crippen LogP contribution >= 0.6 is 0 Å². The van der Waals surface area contributed by atoms with Crippen LogP contribution in [-0.4, -0.2) is 11.1 Å². The van der Waals surface area contributed by atoms with Crippen molar-refractivity contribution in [2.45, 2.75) is 38.3 Å². The summed E-state index contributed by atoms with van der Waals surface area (Å²) in [5, 5.41) is 9.24. The van der Waals surface area contributed by atoms with Crippen LogP contribution in [0.3, 0.4) is 0 Å². The topological polar surface area (TPSA) is 37.3 Å². The van der Waals surface area contributed by atoms with Gasteiger partial charge in [-0.1, -0.05) is 18.6 Å². The van der Waals surface area contributed by atoms with Crippen molar-refractivity contribution >= 4 is 11.5 Å². The SMILES string of the molecule is O=C(O)C1=C(c2ccc(C(F)(F)F)cc2)CCCCC1. The van der Waals surface area contributed by atoms with Gasteiger partial charge in [-0.3, -0.25) is 0 Å². The van der Waals surface area contributed by atoms with Crippen LogP contribution in [0.1, 0.15) is 43.2 Å². The van der Waals surface area contributed by atoms with Crippen molar-refractivity contribution in [3.8, 4) is 0 Å². The number of halogens is 3. The van der Waals surface area contributed by atoms with Crippen LogP contribution in [0.15, 0.2) is 29.8 Å². The van der Waals surface area contributed by atoms with Gasteiger partial charge in [0.1, 0.15) is 0 Å². The fourth-order valence-corrected chi connectivity index (χ4v) is 2.50. The maximum atomic E-state index is 12.5. The Morgan fingerprint density at radius 2 is 1.60 bits per heavy atom. The van der Waals surface area contributed by atoms with E-state index in [-0.39, 0.29) is 0 Å². The average molecular weight is 284 g/mol. The largest absolute Gasteiger partial charge is 0.478 e. The number of hydrogen-bond donors (Lipinski definition) is 1. The lowest BCUT2D eigenvalue weighted by atomic mass is 9.95. The van der Waals surface area contributed by atoms with Gasteiger partial charge < -0.3 is 5.11 Å². The average Bonchev–Trinajstić information content (AvgIpc) is 2.63. The third-order valence-corrected chi connectivity index (χ3v) is 3.54. The second-order valence-corrected chi connectivity index (χ2v) is 4.90. The molecular formula is C15H15F3O2. The van der Waals surface area contributed by atoms with E-state index < -0.39 is 17.7 Å². The van der Waals surface area contributed by atoms with Crippen molar-refractivity contribution in [3.05, 3.63) is 41.0 Å². The van der Waals surface area contributed by atoms with E-state index in [1.807, 2.05) is 0 Å². The van der Waals surface area contributed by atoms with Gasteiger partial charge in [-0.2, -0.15) is 13.2 Å². The molecule has 108 valence electrons. The first kappa shape index (κ1) is 14.6. The molecule has 1 aliphatic rings. The molecule has 1 aliphatic carbocycles. The molecule has 0 spiro atoms. The Balaban J connectivity index is 2.39. The lowest BCUT2D eigenvalue weighted by molar-refractivity contribution is -0.137. The van der Waals surface area contributed by atoms with E-state index in [9.17, 15) is 23.1 Å². The van der Waals surface area contributed by atoms with Crippen LogP contribution in [0.2, 0.25) is 0 Å². The van der Waals surface area contributed by atoms with Gasteiger partial charge in [-0.05, 0) is 49.0 Å². The van der Waals surface area contributed by atoms with Gasteiger partial charge >= 0.3 is 12.1 Å². The maximum Gasteiger partial charge on any atom is 0.416 e. The standard InChI is InChI=1S/C15H15F3O2/c16-15(17,18)11-8-6-10(7-9-11)12-4-2-1-3-5-13(12)14(19)20/h6-9H,1-5H2,(H,19,20). The minimum absolute atomic E-state index is 0.335. The van der Waals surface area contributed by atoms with Gasteiger partial charge in [0.15, 0.2) is 0 Å². The lowest BCUT2D eigenvalue weighted by Gasteiger charge is -2.12. The van der Waals surface area contributed by atoms with Gasteiger partial charge in [0.05, 0.1) is 5.56 Å². The van der Waals surface area contributed by atoms with Gasteiger partial charge in [0.25, 0.3) is 0 Å². The summed E-state index contributed by atoms with van der Waals surface area (Å²) in [6.45, 7) is 0. The fraction of sp³-hybridized carbons (Fsp3) is 0.400. The molecule has 0 saturated carbocycles. The molecule has 2 rings (SSSR count). The molecule has 0 aromatic heterocycles. The van der Waals surface area contributed by atoms with Crippen molar-refractivity contribution in [1.82, 2.24) is 0 Å². The normalized spacial score (nSPS) is 16.9. The summed E-state index contributed by atoms with van der Waals surface area (Å²) in [6.07, 6.45) is -0.662. The van der Waals surface area contributed by atoms with Gasteiger partial charge in [0, 0.05) is 5.57 Å². The molecule has 5 heteroatoms. The summed E-state index contributed by atoms with van der Waals surface area (Å²) in [4.78, 5) is 11.3. The zero-order valence-electron chi connectivity index (χ0n) is 10.8. The third kappa shape index (κ3) is 3.21. The molecule has 0 radical (unpaired) electrons. The Hall–Kier alpha value is -1.78. The quantitative estimate of drug-likeness (QED) is 0.867. The number of benzene rings is 1. The second-order valence-electron chi connectivity index (χ2n) is 4.90. The predicted molar refractivity (Wildman–Crippen MR) is 69.1 cm³/mol. The number of allylic oxidation sites excluding steroid dienone is 1. The molecular weight excluding hydrogens is 269 g/mol. The summed E-state index contributed by atoms with van der Waals surface area (Å²) in [7, 11) is 0. The van der Waals surface area contributed by atoms with Crippen LogP contribution in [0, 0.1) is 0 Å². The number of carbonyl (C=O) groups is 1. The maximum absolute atomic E-state index is 12.5. The Bertz CT molecular complexity index is 527. The highest BCUT2D eigenvalue weighted by Crippen LogP contribution is 2.34. The third-order valence-electron chi connectivity index (χ3n) is 3.54. The van der Waals surface area contributed by atoms with Crippen LogP contribution in [0.4, 0.5) is 13.2 Å². The minimum atomic E-state index is -4.37. The highest BCUT2D eigenvalue weighted by atomic mass is 19.4. The van der Waals surface area contributed by atoms with Crippen molar-refractivity contribution in [2.75, 3.05) is 0 Å². The number of carboxylic acids is 1. The smallest absolute Gasteiger partial charge is 0.416 e. The van der Waals surface area contributed by atoms with Crippen molar-refractivity contribution in [3.63, 3.8) is 0 Å². The molecule has 1 aromatic rings. The second kappa shape index (κ2) is 5.69. The van der Waals surface area contributed by atoms with Gasteiger partial charge in [-0.15, -0.1) is 0 Å². The summed E-state index contributed by atoms with van der Waals surface area (Å²) in [6, 6.07) is 4.75. The Morgan fingerprint density at radius 1 is 1.00 bits per heavy atom. The number of alkyl halides is 3. The lowest BCUT2D eigenvalue weighted by Crippen LogP contribution is -2.06. The number of hydrogen-bond acceptors (Lipinski definition) is 1. The van der Waals surface area contributed by atoms with E-state index in [4.69, 9.17) is 0 Å². The number of carboxylic acid groups (broad SMARTS) is 1. The molecule has 0 unspecified atom stereocenters. The Kier molecular flexibility index (Phi) is 4.16. The number of rotatable bonds is 2. The van der Waals surface area contributed by atoms with Gasteiger partial charge in [-0.25, -0.2) is 4.79 Å². The molecule has 1 aromatic carbocycles. The zero-order chi connectivity index (χ0) is 14.8. The minimum Gasteiger partial charge on any atom is -0.478 e. The monoisotopic (exact) mass is 284 g/mol. The molecule has 0 fully saturated rings. The van der Waals surface area contributed by atoms with Crippen LogP contribution in [0.5, 0.6) is 0 Å². The van der Waals surface area contributed by atoms with Crippen molar-refractivity contribution in [1.29, 1.82) is 0 Å². The van der Waals surface area contributed by atoms with Crippen LogP contribution in [0.25, 0.3) is 5.57 Å². The Morgan fingerprint density at radius 3 is 2.15 bits per heavy atom. The van der Waals surface area contributed by atoms with E-state index in [2.05, 4.69) is 0 Å². The molecule has 2 nitrogen and oxygen atoms in total. The summed E-state index contributed by atoms with van der Waals surface area (Å²) >= 11 is 0. The summed E-state index contributed by atoms with van der Waals surface area (Å²) in [5.41, 5.74) is 0.871. The van der Waals surface area contributed by atoms with Gasteiger partial charge in [0.2, 0.25) is 0 Å². The van der Waals surface area contributed by atoms with E-state index in [0.717, 1.165) is 31.4 Å². The molecule has 0 saturated heterocycles. The molecule has 0 amide bonds. The van der Waals surface area contributed by atoms with E-state index >= 15 is 0 Å². The van der Waals surface area contributed by atoms with Crippen LogP contribution in [-0.2, 0) is 11.0 Å². The summed E-state index contributed by atoms with van der Waals surface area (Å²) in [5.74, 6) is -0.971.